The summed E-state index contributed by atoms with van der Waals surface area (Å²) in [6, 6.07) is 16.8. The Kier molecular flexibility index (Phi) is 6.16. The van der Waals surface area contributed by atoms with Crippen LogP contribution in [0.4, 0.5) is 5.69 Å². The highest BCUT2D eigenvalue weighted by Gasteiger charge is 2.19. The topological polar surface area (TPSA) is 85.6 Å². The minimum absolute atomic E-state index is 0.0160. The largest absolute Gasteiger partial charge is 0.459 e. The molecule has 1 aromatic heterocycles. The van der Waals surface area contributed by atoms with E-state index in [1.54, 1.807) is 36.4 Å². The average molecular weight is 405 g/mol. The molecule has 3 rings (SSSR count). The fraction of sp³-hybridized carbons (Fsp3) is 0.208. The van der Waals surface area contributed by atoms with Gasteiger partial charge in [-0.05, 0) is 35.2 Å². The maximum Gasteiger partial charge on any atom is 0.340 e. The van der Waals surface area contributed by atoms with Gasteiger partial charge in [0.05, 0.1) is 17.5 Å². The number of hydrogen-bond acceptors (Lipinski definition) is 5. The van der Waals surface area contributed by atoms with Crippen molar-refractivity contribution in [2.45, 2.75) is 26.2 Å². The number of carbonyl (C=O) groups is 3. The van der Waals surface area contributed by atoms with E-state index in [9.17, 15) is 14.4 Å². The monoisotopic (exact) mass is 405 g/mol. The van der Waals surface area contributed by atoms with Gasteiger partial charge in [-0.1, -0.05) is 57.2 Å². The molecule has 0 fully saturated rings. The molecule has 0 saturated heterocycles. The summed E-state index contributed by atoms with van der Waals surface area (Å²) in [5.41, 5.74) is 1.98. The number of Topliss-reactive ketones (excluding diaryl/α,β-unsaturated/α-hetero) is 1. The van der Waals surface area contributed by atoms with Gasteiger partial charge >= 0.3 is 5.97 Å². The first-order valence-corrected chi connectivity index (χ1v) is 9.50. The average Bonchev–Trinajstić information content (AvgIpc) is 3.27. The number of furan rings is 1. The Morgan fingerprint density at radius 2 is 1.63 bits per heavy atom. The molecule has 0 aliphatic heterocycles. The molecule has 6 nitrogen and oxygen atoms in total. The Balaban J connectivity index is 1.65. The third-order valence-corrected chi connectivity index (χ3v) is 4.55. The lowest BCUT2D eigenvalue weighted by Crippen LogP contribution is -2.18. The van der Waals surface area contributed by atoms with E-state index in [2.05, 4.69) is 26.1 Å². The van der Waals surface area contributed by atoms with Crippen LogP contribution in [0.2, 0.25) is 0 Å². The zero-order valence-electron chi connectivity index (χ0n) is 17.1. The van der Waals surface area contributed by atoms with E-state index in [0.29, 0.717) is 5.56 Å². The molecule has 0 spiro atoms. The number of para-hydroxylation sites is 1. The number of nitrogens with one attached hydrogen (secondary N) is 1. The van der Waals surface area contributed by atoms with E-state index >= 15 is 0 Å². The van der Waals surface area contributed by atoms with Crippen molar-refractivity contribution in [1.82, 2.24) is 0 Å². The van der Waals surface area contributed by atoms with Crippen molar-refractivity contribution in [2.75, 3.05) is 11.9 Å². The van der Waals surface area contributed by atoms with E-state index in [1.807, 2.05) is 12.1 Å². The maximum absolute atomic E-state index is 12.5. The van der Waals surface area contributed by atoms with Gasteiger partial charge in [0.1, 0.15) is 0 Å². The summed E-state index contributed by atoms with van der Waals surface area (Å²) in [5.74, 6) is -1.38. The van der Waals surface area contributed by atoms with Crippen LogP contribution in [0.15, 0.2) is 71.3 Å². The molecular weight excluding hydrogens is 382 g/mol. The molecular formula is C24H23NO5. The first-order chi connectivity index (χ1) is 14.3. The summed E-state index contributed by atoms with van der Waals surface area (Å²) in [5, 5.41) is 2.62. The van der Waals surface area contributed by atoms with E-state index in [1.165, 1.54) is 18.4 Å². The Labute approximate surface area is 174 Å². The lowest BCUT2D eigenvalue weighted by molar-refractivity contribution is 0.0475. The molecule has 6 heteroatoms. The molecule has 2 aromatic carbocycles. The van der Waals surface area contributed by atoms with Gasteiger partial charge in [0.25, 0.3) is 5.91 Å². The maximum atomic E-state index is 12.5. The molecule has 0 atom stereocenters. The van der Waals surface area contributed by atoms with Crippen molar-refractivity contribution in [3.8, 4) is 0 Å². The van der Waals surface area contributed by atoms with Crippen LogP contribution in [-0.4, -0.2) is 24.3 Å². The summed E-state index contributed by atoms with van der Waals surface area (Å²) < 4.78 is 10.2. The van der Waals surface area contributed by atoms with Gasteiger partial charge in [-0.3, -0.25) is 9.59 Å². The quantitative estimate of drug-likeness (QED) is 0.467. The third-order valence-electron chi connectivity index (χ3n) is 4.55. The lowest BCUT2D eigenvalue weighted by Gasteiger charge is -2.19. The summed E-state index contributed by atoms with van der Waals surface area (Å²) in [6.45, 7) is 5.88. The molecule has 0 aliphatic rings. The number of anilines is 1. The van der Waals surface area contributed by atoms with Crippen LogP contribution < -0.4 is 5.32 Å². The molecule has 0 saturated carbocycles. The fourth-order valence-corrected chi connectivity index (χ4v) is 2.81. The Hall–Kier alpha value is -3.67. The molecule has 3 aromatic rings. The van der Waals surface area contributed by atoms with Crippen molar-refractivity contribution >= 4 is 23.3 Å². The van der Waals surface area contributed by atoms with Gasteiger partial charge in [-0.15, -0.1) is 0 Å². The normalized spacial score (nSPS) is 11.0. The third kappa shape index (κ3) is 5.03. The molecule has 1 heterocycles. The molecule has 0 unspecified atom stereocenters. The molecule has 0 bridgehead atoms. The van der Waals surface area contributed by atoms with E-state index in [4.69, 9.17) is 9.15 Å². The van der Waals surface area contributed by atoms with Gasteiger partial charge in [-0.25, -0.2) is 4.79 Å². The highest BCUT2D eigenvalue weighted by molar-refractivity contribution is 6.07. The van der Waals surface area contributed by atoms with E-state index in [-0.39, 0.29) is 28.2 Å². The van der Waals surface area contributed by atoms with Crippen molar-refractivity contribution in [3.05, 3.63) is 89.4 Å². The highest BCUT2D eigenvalue weighted by Crippen LogP contribution is 2.22. The second-order valence-electron chi connectivity index (χ2n) is 7.80. The molecule has 0 radical (unpaired) electrons. The van der Waals surface area contributed by atoms with Crippen molar-refractivity contribution in [1.29, 1.82) is 0 Å². The number of benzene rings is 2. The smallest absolute Gasteiger partial charge is 0.340 e. The molecule has 0 aliphatic carbocycles. The van der Waals surface area contributed by atoms with Crippen LogP contribution in [0.25, 0.3) is 0 Å². The Morgan fingerprint density at radius 3 is 2.27 bits per heavy atom. The number of carbonyl (C=O) groups excluding carboxylic acids is 3. The van der Waals surface area contributed by atoms with Crippen LogP contribution in [0, 0.1) is 0 Å². The van der Waals surface area contributed by atoms with Gasteiger partial charge in [-0.2, -0.15) is 0 Å². The molecule has 30 heavy (non-hydrogen) atoms. The van der Waals surface area contributed by atoms with Crippen LogP contribution in [-0.2, 0) is 10.2 Å². The number of amides is 1. The second kappa shape index (κ2) is 8.78. The zero-order chi connectivity index (χ0) is 21.7. The standard InChI is InChI=1S/C24H23NO5/c1-24(2,3)17-12-10-16(11-13-17)20(26)15-30-23(28)18-7-4-5-8-19(18)25-22(27)21-9-6-14-29-21/h4-14H,15H2,1-3H3,(H,25,27). The number of ketones is 1. The first kappa shape index (κ1) is 21.0. The van der Waals surface area contributed by atoms with Gasteiger partial charge in [0.2, 0.25) is 0 Å². The molecule has 154 valence electrons. The minimum Gasteiger partial charge on any atom is -0.459 e. The van der Waals surface area contributed by atoms with E-state index < -0.39 is 18.5 Å². The number of rotatable bonds is 6. The van der Waals surface area contributed by atoms with Crippen molar-refractivity contribution in [2.24, 2.45) is 0 Å². The first-order valence-electron chi connectivity index (χ1n) is 9.50. The predicted molar refractivity (Wildman–Crippen MR) is 113 cm³/mol. The lowest BCUT2D eigenvalue weighted by atomic mass is 9.86. The molecule has 1 N–H and O–H groups in total. The minimum atomic E-state index is -0.704. The Bertz CT molecular complexity index is 1040. The summed E-state index contributed by atoms with van der Waals surface area (Å²) in [7, 11) is 0. The Morgan fingerprint density at radius 1 is 0.933 bits per heavy atom. The van der Waals surface area contributed by atoms with Crippen LogP contribution in [0.1, 0.15) is 57.6 Å². The predicted octanol–water partition coefficient (Wildman–Crippen LogP) is 4.87. The van der Waals surface area contributed by atoms with Gasteiger partial charge < -0.3 is 14.5 Å². The van der Waals surface area contributed by atoms with Crippen molar-refractivity contribution < 1.29 is 23.5 Å². The SMILES string of the molecule is CC(C)(C)c1ccc(C(=O)COC(=O)c2ccccc2NC(=O)c2ccco2)cc1. The second-order valence-corrected chi connectivity index (χ2v) is 7.80. The fourth-order valence-electron chi connectivity index (χ4n) is 2.81. The number of esters is 1. The van der Waals surface area contributed by atoms with Gasteiger partial charge in [0, 0.05) is 5.56 Å². The van der Waals surface area contributed by atoms with Crippen LogP contribution >= 0.6 is 0 Å². The number of ether oxygens (including phenoxy) is 1. The molecule has 1 amide bonds. The zero-order valence-corrected chi connectivity index (χ0v) is 17.1. The van der Waals surface area contributed by atoms with Gasteiger partial charge in [0.15, 0.2) is 18.2 Å². The highest BCUT2D eigenvalue weighted by atomic mass is 16.5. The summed E-state index contributed by atoms with van der Waals surface area (Å²) in [6.07, 6.45) is 1.38. The number of hydrogen-bond donors (Lipinski definition) is 1. The van der Waals surface area contributed by atoms with Crippen LogP contribution in [0.3, 0.4) is 0 Å². The van der Waals surface area contributed by atoms with Crippen molar-refractivity contribution in [3.63, 3.8) is 0 Å². The van der Waals surface area contributed by atoms with E-state index in [0.717, 1.165) is 5.56 Å². The summed E-state index contributed by atoms with van der Waals surface area (Å²) in [4.78, 5) is 37.1. The van der Waals surface area contributed by atoms with Crippen LogP contribution in [0.5, 0.6) is 0 Å². The summed E-state index contributed by atoms with van der Waals surface area (Å²) >= 11 is 0.